The van der Waals surface area contributed by atoms with Gasteiger partial charge < -0.3 is 15.5 Å². The van der Waals surface area contributed by atoms with Crippen molar-refractivity contribution in [2.75, 3.05) is 7.11 Å². The van der Waals surface area contributed by atoms with Gasteiger partial charge in [0.15, 0.2) is 0 Å². The third-order valence-electron chi connectivity index (χ3n) is 2.50. The van der Waals surface area contributed by atoms with Crippen LogP contribution in [0.3, 0.4) is 0 Å². The number of allylic oxidation sites excluding steroid dienone is 3. The fourth-order valence-electron chi connectivity index (χ4n) is 1.50. The Morgan fingerprint density at radius 1 is 1.37 bits per heavy atom. The minimum Gasteiger partial charge on any atom is -0.494 e. The minimum atomic E-state index is -0.351. The first-order valence-electron chi connectivity index (χ1n) is 5.43. The van der Waals surface area contributed by atoms with Crippen molar-refractivity contribution < 1.29 is 9.53 Å². The number of methoxy groups -OCH3 is 1. The summed E-state index contributed by atoms with van der Waals surface area (Å²) >= 11 is 0. The number of hydrogen-bond donors (Lipinski definition) is 2. The summed E-state index contributed by atoms with van der Waals surface area (Å²) in [5.74, 6) is 0.0543. The van der Waals surface area contributed by atoms with Gasteiger partial charge in [0.2, 0.25) is 0 Å². The van der Waals surface area contributed by atoms with E-state index in [9.17, 15) is 4.79 Å². The van der Waals surface area contributed by atoms with E-state index in [1.165, 1.54) is 31.9 Å². The summed E-state index contributed by atoms with van der Waals surface area (Å²) in [4.78, 5) is 19.5. The molecule has 19 heavy (non-hydrogen) atoms. The molecule has 0 aromatic carbocycles. The average Bonchev–Trinajstić information content (AvgIpc) is 2.43. The van der Waals surface area contributed by atoms with Crippen LogP contribution in [0.2, 0.25) is 0 Å². The summed E-state index contributed by atoms with van der Waals surface area (Å²) in [6.45, 7) is 3.72. The summed E-state index contributed by atoms with van der Waals surface area (Å²) in [5, 5.41) is 10.3. The zero-order chi connectivity index (χ0) is 13.8. The topological polar surface area (TPSA) is 88.0 Å². The number of rotatable bonds is 3. The highest BCUT2D eigenvalue weighted by Gasteiger charge is 2.17. The van der Waals surface area contributed by atoms with Crippen molar-refractivity contribution in [2.45, 2.75) is 0 Å². The van der Waals surface area contributed by atoms with Gasteiger partial charge in [0.25, 0.3) is 5.91 Å². The number of carbonyl (C=O) groups excluding carboxylic acids is 1. The Hall–Kier alpha value is -2.76. The highest BCUT2D eigenvalue weighted by molar-refractivity contribution is 6.10. The first-order chi connectivity index (χ1) is 9.11. The van der Waals surface area contributed by atoms with Gasteiger partial charge in [0, 0.05) is 18.5 Å². The van der Waals surface area contributed by atoms with Crippen molar-refractivity contribution in [3.05, 3.63) is 60.0 Å². The summed E-state index contributed by atoms with van der Waals surface area (Å²) < 4.78 is 5.12. The molecule has 1 aliphatic carbocycles. The number of amides is 1. The van der Waals surface area contributed by atoms with Crippen LogP contribution in [0, 0.1) is 5.41 Å². The van der Waals surface area contributed by atoms with E-state index in [1.807, 2.05) is 0 Å². The minimum absolute atomic E-state index is 0.248. The largest absolute Gasteiger partial charge is 0.494 e. The van der Waals surface area contributed by atoms with Crippen molar-refractivity contribution in [3.63, 3.8) is 0 Å². The molecule has 1 aliphatic rings. The fraction of sp³-hybridized carbons (Fsp3) is 0.0769. The molecule has 0 radical (unpaired) electrons. The summed E-state index contributed by atoms with van der Waals surface area (Å²) in [6, 6.07) is 0. The van der Waals surface area contributed by atoms with E-state index in [-0.39, 0.29) is 11.6 Å². The molecule has 0 bridgehead atoms. The molecule has 1 heterocycles. The number of nitrogens with one attached hydrogen (secondary N) is 2. The predicted octanol–water partition coefficient (Wildman–Crippen LogP) is 1.21. The van der Waals surface area contributed by atoms with Gasteiger partial charge in [-0.1, -0.05) is 6.58 Å². The molecule has 1 aromatic rings. The van der Waals surface area contributed by atoms with Crippen LogP contribution in [0.1, 0.15) is 10.4 Å². The normalized spacial score (nSPS) is 14.6. The van der Waals surface area contributed by atoms with Gasteiger partial charge in [0.1, 0.15) is 12.1 Å². The number of carbonyl (C=O) groups is 1. The standard InChI is InChI=1S/C13H12N4O2/c1-8-3-11(12(19-2)4-10(8)14)17-13(18)9-5-15-7-16-6-9/h3-7,14H,1H2,2H3,(H,17,18). The van der Waals surface area contributed by atoms with E-state index in [2.05, 4.69) is 21.9 Å². The van der Waals surface area contributed by atoms with E-state index in [0.29, 0.717) is 22.6 Å². The van der Waals surface area contributed by atoms with Gasteiger partial charge in [-0.25, -0.2) is 9.97 Å². The average molecular weight is 256 g/mol. The molecule has 0 aliphatic heterocycles. The van der Waals surface area contributed by atoms with Crippen molar-refractivity contribution in [1.82, 2.24) is 15.3 Å². The lowest BCUT2D eigenvalue weighted by molar-refractivity contribution is 0.0962. The fourth-order valence-corrected chi connectivity index (χ4v) is 1.50. The number of ether oxygens (including phenoxy) is 1. The van der Waals surface area contributed by atoms with Gasteiger partial charge in [0.05, 0.1) is 24.1 Å². The van der Waals surface area contributed by atoms with E-state index in [1.54, 1.807) is 6.08 Å². The molecule has 0 atom stereocenters. The molecule has 1 aromatic heterocycles. The lowest BCUT2D eigenvalue weighted by Crippen LogP contribution is -2.26. The third-order valence-corrected chi connectivity index (χ3v) is 2.50. The second-order valence-electron chi connectivity index (χ2n) is 3.79. The SMILES string of the molecule is C=C1C=C(NC(=O)c2cncnc2)C(OC)=CC1=N. The van der Waals surface area contributed by atoms with Crippen molar-refractivity contribution in [2.24, 2.45) is 0 Å². The second kappa shape index (κ2) is 5.26. The Morgan fingerprint density at radius 2 is 2.05 bits per heavy atom. The Balaban J connectivity index is 2.21. The first-order valence-corrected chi connectivity index (χ1v) is 5.43. The van der Waals surface area contributed by atoms with Crippen molar-refractivity contribution in [1.29, 1.82) is 5.41 Å². The molecule has 96 valence electrons. The molecule has 6 nitrogen and oxygen atoms in total. The maximum absolute atomic E-state index is 12.0. The quantitative estimate of drug-likeness (QED) is 0.850. The molecule has 0 fully saturated rings. The van der Waals surface area contributed by atoms with Crippen LogP contribution < -0.4 is 5.32 Å². The van der Waals surface area contributed by atoms with Crippen molar-refractivity contribution >= 4 is 11.6 Å². The monoisotopic (exact) mass is 256 g/mol. The lowest BCUT2D eigenvalue weighted by atomic mass is 10.0. The molecule has 0 spiro atoms. The second-order valence-corrected chi connectivity index (χ2v) is 3.79. The molecule has 0 saturated carbocycles. The van der Waals surface area contributed by atoms with E-state index >= 15 is 0 Å². The number of hydrogen-bond acceptors (Lipinski definition) is 5. The molecule has 6 heteroatoms. The van der Waals surface area contributed by atoms with E-state index in [0.717, 1.165) is 0 Å². The highest BCUT2D eigenvalue weighted by Crippen LogP contribution is 2.18. The number of aromatic nitrogens is 2. The smallest absolute Gasteiger partial charge is 0.258 e. The van der Waals surface area contributed by atoms with Crippen LogP contribution in [0.15, 0.2) is 54.5 Å². The molecular formula is C13H12N4O2. The van der Waals surface area contributed by atoms with Gasteiger partial charge >= 0.3 is 0 Å². The van der Waals surface area contributed by atoms with Crippen LogP contribution in [0.4, 0.5) is 0 Å². The summed E-state index contributed by atoms with van der Waals surface area (Å²) in [5.41, 5.74) is 1.54. The Morgan fingerprint density at radius 3 is 2.68 bits per heavy atom. The Labute approximate surface area is 110 Å². The molecule has 0 saturated heterocycles. The molecule has 1 amide bonds. The zero-order valence-electron chi connectivity index (χ0n) is 10.3. The molecule has 2 N–H and O–H groups in total. The predicted molar refractivity (Wildman–Crippen MR) is 69.5 cm³/mol. The van der Waals surface area contributed by atoms with Crippen LogP contribution in [0.5, 0.6) is 0 Å². The number of nitrogens with zero attached hydrogens (tertiary/aromatic N) is 2. The molecular weight excluding hydrogens is 244 g/mol. The summed E-state index contributed by atoms with van der Waals surface area (Å²) in [7, 11) is 1.47. The van der Waals surface area contributed by atoms with Crippen LogP contribution in [-0.2, 0) is 4.74 Å². The van der Waals surface area contributed by atoms with E-state index < -0.39 is 0 Å². The Kier molecular flexibility index (Phi) is 3.51. The van der Waals surface area contributed by atoms with Gasteiger partial charge in [-0.05, 0) is 11.6 Å². The van der Waals surface area contributed by atoms with Gasteiger partial charge in [-0.3, -0.25) is 4.79 Å². The highest BCUT2D eigenvalue weighted by atomic mass is 16.5. The summed E-state index contributed by atoms with van der Waals surface area (Å²) in [6.07, 6.45) is 7.26. The zero-order valence-corrected chi connectivity index (χ0v) is 10.3. The van der Waals surface area contributed by atoms with Gasteiger partial charge in [-0.2, -0.15) is 0 Å². The van der Waals surface area contributed by atoms with Crippen LogP contribution in [-0.4, -0.2) is 28.7 Å². The van der Waals surface area contributed by atoms with Crippen molar-refractivity contribution in [3.8, 4) is 0 Å². The third kappa shape index (κ3) is 2.74. The maximum atomic E-state index is 12.0. The van der Waals surface area contributed by atoms with Crippen LogP contribution >= 0.6 is 0 Å². The maximum Gasteiger partial charge on any atom is 0.258 e. The van der Waals surface area contributed by atoms with E-state index in [4.69, 9.17) is 10.1 Å². The first kappa shape index (κ1) is 12.7. The van der Waals surface area contributed by atoms with Gasteiger partial charge in [-0.15, -0.1) is 0 Å². The lowest BCUT2D eigenvalue weighted by Gasteiger charge is -2.17. The van der Waals surface area contributed by atoms with Crippen LogP contribution in [0.25, 0.3) is 0 Å². The Bertz CT molecular complexity index is 602. The molecule has 2 rings (SSSR count). The molecule has 0 unspecified atom stereocenters.